The molecule has 5 heteroatoms. The van der Waals surface area contributed by atoms with E-state index in [0.29, 0.717) is 17.0 Å². The van der Waals surface area contributed by atoms with Gasteiger partial charge in [-0.25, -0.2) is 8.42 Å². The van der Waals surface area contributed by atoms with Gasteiger partial charge in [0.15, 0.2) is 0 Å². The zero-order valence-corrected chi connectivity index (χ0v) is 15.2. The van der Waals surface area contributed by atoms with Crippen LogP contribution in [-0.4, -0.2) is 8.42 Å². The van der Waals surface area contributed by atoms with Crippen molar-refractivity contribution in [3.8, 4) is 0 Å². The van der Waals surface area contributed by atoms with Gasteiger partial charge in [-0.1, -0.05) is 78.4 Å². The van der Waals surface area contributed by atoms with Crippen molar-refractivity contribution in [2.24, 2.45) is 5.73 Å². The fraction of sp³-hybridized carbons (Fsp3) is 0.0476. The topological polar surface area (TPSA) is 72.2 Å². The second kappa shape index (κ2) is 7.45. The van der Waals surface area contributed by atoms with Crippen molar-refractivity contribution in [3.05, 3.63) is 102 Å². The molecule has 0 aliphatic carbocycles. The maximum atomic E-state index is 12.9. The minimum Gasteiger partial charge on any atom is -0.397 e. The Labute approximate surface area is 154 Å². The lowest BCUT2D eigenvalue weighted by molar-refractivity contribution is 0.591. The first-order valence-electron chi connectivity index (χ1n) is 8.17. The summed E-state index contributed by atoms with van der Waals surface area (Å²) in [7, 11) is -3.77. The molecular weight excluding hydrogens is 344 g/mol. The van der Waals surface area contributed by atoms with Gasteiger partial charge in [-0.2, -0.15) is 0 Å². The van der Waals surface area contributed by atoms with Crippen LogP contribution in [0.4, 0.5) is 0 Å². The molecule has 3 rings (SSSR count). The van der Waals surface area contributed by atoms with Crippen LogP contribution >= 0.6 is 0 Å². The van der Waals surface area contributed by atoms with E-state index in [4.69, 9.17) is 5.73 Å². The molecular formula is C21H20N2O2S. The molecule has 0 radical (unpaired) electrons. The van der Waals surface area contributed by atoms with Crippen molar-refractivity contribution < 1.29 is 8.42 Å². The van der Waals surface area contributed by atoms with Gasteiger partial charge in [0.2, 0.25) is 0 Å². The molecule has 26 heavy (non-hydrogen) atoms. The van der Waals surface area contributed by atoms with Crippen LogP contribution in [0.15, 0.2) is 89.8 Å². The first kappa shape index (κ1) is 17.8. The first-order valence-corrected chi connectivity index (χ1v) is 9.66. The zero-order valence-electron chi connectivity index (χ0n) is 14.4. The molecule has 0 aromatic heterocycles. The lowest BCUT2D eigenvalue weighted by Crippen LogP contribution is -2.25. The number of nitrogens with one attached hydrogen (secondary N) is 1. The van der Waals surface area contributed by atoms with Gasteiger partial charge in [-0.15, -0.1) is 0 Å². The van der Waals surface area contributed by atoms with E-state index in [1.807, 2.05) is 67.6 Å². The van der Waals surface area contributed by atoms with Crippen molar-refractivity contribution in [2.45, 2.75) is 11.8 Å². The van der Waals surface area contributed by atoms with Gasteiger partial charge < -0.3 is 5.73 Å². The Bertz CT molecular complexity index is 1010. The van der Waals surface area contributed by atoms with Crippen molar-refractivity contribution in [1.29, 1.82) is 0 Å². The molecule has 0 spiro atoms. The molecule has 132 valence electrons. The number of sulfonamides is 1. The van der Waals surface area contributed by atoms with E-state index >= 15 is 0 Å². The normalized spacial score (nSPS) is 12.3. The molecule has 0 amide bonds. The van der Waals surface area contributed by atoms with Crippen molar-refractivity contribution in [2.75, 3.05) is 0 Å². The minimum atomic E-state index is -3.77. The van der Waals surface area contributed by atoms with Crippen LogP contribution in [0, 0.1) is 6.92 Å². The zero-order chi connectivity index (χ0) is 18.6. The minimum absolute atomic E-state index is 0.192. The van der Waals surface area contributed by atoms with Crippen molar-refractivity contribution >= 4 is 21.4 Å². The summed E-state index contributed by atoms with van der Waals surface area (Å²) in [6.07, 6.45) is 0. The maximum absolute atomic E-state index is 12.9. The molecule has 0 aliphatic heterocycles. The van der Waals surface area contributed by atoms with E-state index in [0.717, 1.165) is 11.1 Å². The fourth-order valence-electron chi connectivity index (χ4n) is 2.55. The Balaban J connectivity index is 2.09. The summed E-state index contributed by atoms with van der Waals surface area (Å²) in [5.41, 5.74) is 9.50. The Morgan fingerprint density at radius 3 is 1.81 bits per heavy atom. The predicted molar refractivity (Wildman–Crippen MR) is 105 cm³/mol. The van der Waals surface area contributed by atoms with E-state index in [2.05, 4.69) is 4.72 Å². The van der Waals surface area contributed by atoms with E-state index in [1.54, 1.807) is 24.3 Å². The third-order valence-corrected chi connectivity index (χ3v) is 5.35. The van der Waals surface area contributed by atoms with Crippen LogP contribution in [0.3, 0.4) is 0 Å². The summed E-state index contributed by atoms with van der Waals surface area (Å²) in [4.78, 5) is 0.192. The summed E-state index contributed by atoms with van der Waals surface area (Å²) in [6.45, 7) is 1.91. The quantitative estimate of drug-likeness (QED) is 0.677. The highest BCUT2D eigenvalue weighted by Crippen LogP contribution is 2.23. The Morgan fingerprint density at radius 1 is 0.769 bits per heavy atom. The van der Waals surface area contributed by atoms with Crippen LogP contribution in [0.25, 0.3) is 11.4 Å². The Hall–Kier alpha value is -3.05. The average Bonchev–Trinajstić information content (AvgIpc) is 2.67. The lowest BCUT2D eigenvalue weighted by Gasteiger charge is -2.16. The van der Waals surface area contributed by atoms with Gasteiger partial charge >= 0.3 is 0 Å². The highest BCUT2D eigenvalue weighted by Gasteiger charge is 2.19. The number of nitrogens with two attached hydrogens (primary N) is 1. The van der Waals surface area contributed by atoms with Crippen molar-refractivity contribution in [3.63, 3.8) is 0 Å². The van der Waals surface area contributed by atoms with Gasteiger partial charge in [0.25, 0.3) is 10.0 Å². The van der Waals surface area contributed by atoms with Gasteiger partial charge in [-0.3, -0.25) is 4.72 Å². The highest BCUT2D eigenvalue weighted by molar-refractivity contribution is 7.89. The molecule has 3 N–H and O–H groups in total. The fourth-order valence-corrected chi connectivity index (χ4v) is 3.66. The van der Waals surface area contributed by atoms with Crippen molar-refractivity contribution in [1.82, 2.24) is 4.72 Å². The standard InChI is InChI=1S/C21H20N2O2S/c1-16-12-14-19(15-13-16)26(24,25)23-21(18-10-6-3-7-11-18)20(22)17-8-4-2-5-9-17/h2-15,23H,22H2,1H3/b21-20-. The second-order valence-corrected chi connectivity index (χ2v) is 7.62. The lowest BCUT2D eigenvalue weighted by atomic mass is 10.1. The molecule has 3 aromatic rings. The molecule has 0 saturated heterocycles. The van der Waals surface area contributed by atoms with E-state index in [-0.39, 0.29) is 4.90 Å². The third-order valence-electron chi connectivity index (χ3n) is 3.98. The number of rotatable bonds is 5. The van der Waals surface area contributed by atoms with Gasteiger partial charge in [0, 0.05) is 5.56 Å². The monoisotopic (exact) mass is 364 g/mol. The number of benzene rings is 3. The molecule has 0 fully saturated rings. The molecule has 0 atom stereocenters. The molecule has 0 saturated carbocycles. The highest BCUT2D eigenvalue weighted by atomic mass is 32.2. The van der Waals surface area contributed by atoms with Gasteiger partial charge in [0.1, 0.15) is 0 Å². The summed E-state index contributed by atoms with van der Waals surface area (Å²) in [5, 5.41) is 0. The summed E-state index contributed by atoms with van der Waals surface area (Å²) < 4.78 is 28.4. The van der Waals surface area contributed by atoms with Crippen LogP contribution in [-0.2, 0) is 10.0 Å². The van der Waals surface area contributed by atoms with Gasteiger partial charge in [0.05, 0.1) is 16.3 Å². The number of hydrogen-bond donors (Lipinski definition) is 2. The van der Waals surface area contributed by atoms with E-state index < -0.39 is 10.0 Å². The smallest absolute Gasteiger partial charge is 0.261 e. The maximum Gasteiger partial charge on any atom is 0.261 e. The predicted octanol–water partition coefficient (Wildman–Crippen LogP) is 3.76. The van der Waals surface area contributed by atoms with Crippen LogP contribution in [0.2, 0.25) is 0 Å². The van der Waals surface area contributed by atoms with Crippen LogP contribution in [0.5, 0.6) is 0 Å². The van der Waals surface area contributed by atoms with E-state index in [1.165, 1.54) is 0 Å². The second-order valence-electron chi connectivity index (χ2n) is 5.94. The average molecular weight is 364 g/mol. The molecule has 0 unspecified atom stereocenters. The summed E-state index contributed by atoms with van der Waals surface area (Å²) in [5.74, 6) is 0. The summed E-state index contributed by atoms with van der Waals surface area (Å²) >= 11 is 0. The molecule has 0 aliphatic rings. The number of hydrogen-bond acceptors (Lipinski definition) is 3. The van der Waals surface area contributed by atoms with Gasteiger partial charge in [-0.05, 0) is 24.6 Å². The first-order chi connectivity index (χ1) is 12.5. The molecule has 3 aromatic carbocycles. The Kier molecular flexibility index (Phi) is 5.09. The molecule has 0 bridgehead atoms. The molecule has 4 nitrogen and oxygen atoms in total. The van der Waals surface area contributed by atoms with E-state index in [9.17, 15) is 8.42 Å². The Morgan fingerprint density at radius 2 is 1.27 bits per heavy atom. The van der Waals surface area contributed by atoms with Crippen LogP contribution < -0.4 is 10.5 Å². The molecule has 0 heterocycles. The number of aryl methyl sites for hydroxylation is 1. The summed E-state index contributed by atoms with van der Waals surface area (Å²) in [6, 6.07) is 25.2. The third kappa shape index (κ3) is 3.95. The SMILES string of the molecule is Cc1ccc(S(=O)(=O)N/C(=C(\N)c2ccccc2)c2ccccc2)cc1. The largest absolute Gasteiger partial charge is 0.397 e. The van der Waals surface area contributed by atoms with Crippen LogP contribution in [0.1, 0.15) is 16.7 Å².